The summed E-state index contributed by atoms with van der Waals surface area (Å²) in [4.78, 5) is 33.3. The molecule has 0 bridgehead atoms. The van der Waals surface area contributed by atoms with E-state index in [4.69, 9.17) is 4.74 Å². The highest BCUT2D eigenvalue weighted by molar-refractivity contribution is 7.89. The standard InChI is InChI=1S/C18H26N4O5S/c1-13-11-14(2)20-18(19-13)27-15-5-4-8-21(12-15)28(25,26)10-9-22-16(23)6-3-7-17(22)24/h11,15H,3-10,12H2,1-2H3. The Labute approximate surface area is 165 Å². The molecule has 9 nitrogen and oxygen atoms in total. The minimum absolute atomic E-state index is 0.0950. The molecule has 1 unspecified atom stereocenters. The van der Waals surface area contributed by atoms with Crippen LogP contribution in [0.3, 0.4) is 0 Å². The van der Waals surface area contributed by atoms with Gasteiger partial charge in [0, 0.05) is 37.3 Å². The zero-order valence-electron chi connectivity index (χ0n) is 16.3. The Kier molecular flexibility index (Phi) is 6.29. The second-order valence-electron chi connectivity index (χ2n) is 7.28. The number of hydrogen-bond donors (Lipinski definition) is 0. The van der Waals surface area contributed by atoms with Crippen molar-refractivity contribution in [1.82, 2.24) is 19.2 Å². The lowest BCUT2D eigenvalue weighted by Gasteiger charge is -2.32. The van der Waals surface area contributed by atoms with Crippen LogP contribution < -0.4 is 4.74 Å². The van der Waals surface area contributed by atoms with Crippen LogP contribution in [-0.2, 0) is 19.6 Å². The molecule has 2 aliphatic heterocycles. The minimum atomic E-state index is -3.60. The Morgan fingerprint density at radius 1 is 1.11 bits per heavy atom. The predicted octanol–water partition coefficient (Wildman–Crippen LogP) is 0.806. The first-order valence-electron chi connectivity index (χ1n) is 9.54. The smallest absolute Gasteiger partial charge is 0.317 e. The normalized spacial score (nSPS) is 21.8. The van der Waals surface area contributed by atoms with Gasteiger partial charge in [-0.1, -0.05) is 0 Å². The average molecular weight is 410 g/mol. The zero-order valence-corrected chi connectivity index (χ0v) is 17.1. The maximum absolute atomic E-state index is 12.7. The largest absolute Gasteiger partial charge is 0.459 e. The SMILES string of the molecule is Cc1cc(C)nc(OC2CCCN(S(=O)(=O)CCN3C(=O)CCCC3=O)C2)n1. The highest BCUT2D eigenvalue weighted by Crippen LogP contribution is 2.20. The van der Waals surface area contributed by atoms with Crippen LogP contribution in [0.1, 0.15) is 43.5 Å². The van der Waals surface area contributed by atoms with Crippen molar-refractivity contribution in [3.63, 3.8) is 0 Å². The van der Waals surface area contributed by atoms with Gasteiger partial charge in [-0.25, -0.2) is 18.4 Å². The van der Waals surface area contributed by atoms with Gasteiger partial charge in [0.15, 0.2) is 0 Å². The first-order chi connectivity index (χ1) is 13.2. The molecule has 2 saturated heterocycles. The molecule has 154 valence electrons. The van der Waals surface area contributed by atoms with E-state index in [-0.39, 0.29) is 42.8 Å². The molecule has 3 heterocycles. The maximum Gasteiger partial charge on any atom is 0.317 e. The number of sulfonamides is 1. The highest BCUT2D eigenvalue weighted by atomic mass is 32.2. The fourth-order valence-electron chi connectivity index (χ4n) is 3.53. The molecule has 3 rings (SSSR count). The number of amides is 2. The number of carbonyl (C=O) groups excluding carboxylic acids is 2. The molecule has 1 aromatic heterocycles. The van der Waals surface area contributed by atoms with Gasteiger partial charge in [-0.3, -0.25) is 14.5 Å². The van der Waals surface area contributed by atoms with E-state index in [1.165, 1.54) is 4.31 Å². The van der Waals surface area contributed by atoms with Crippen LogP contribution >= 0.6 is 0 Å². The summed E-state index contributed by atoms with van der Waals surface area (Å²) in [6.45, 7) is 4.21. The summed E-state index contributed by atoms with van der Waals surface area (Å²) >= 11 is 0. The highest BCUT2D eigenvalue weighted by Gasteiger charge is 2.33. The number of carbonyl (C=O) groups is 2. The monoisotopic (exact) mass is 410 g/mol. The number of nitrogens with zero attached hydrogens (tertiary/aromatic N) is 4. The molecule has 0 saturated carbocycles. The van der Waals surface area contributed by atoms with Crippen molar-refractivity contribution in [3.05, 3.63) is 17.5 Å². The lowest BCUT2D eigenvalue weighted by atomic mass is 10.1. The third-order valence-corrected chi connectivity index (χ3v) is 6.74. The average Bonchev–Trinajstić information content (AvgIpc) is 2.60. The van der Waals surface area contributed by atoms with Crippen molar-refractivity contribution in [2.45, 2.75) is 52.1 Å². The van der Waals surface area contributed by atoms with Crippen molar-refractivity contribution in [2.24, 2.45) is 0 Å². The third kappa shape index (κ3) is 5.05. The molecule has 10 heteroatoms. The van der Waals surface area contributed by atoms with Gasteiger partial charge in [-0.05, 0) is 39.2 Å². The van der Waals surface area contributed by atoms with Crippen LogP contribution in [0.25, 0.3) is 0 Å². The Morgan fingerprint density at radius 3 is 2.39 bits per heavy atom. The van der Waals surface area contributed by atoms with E-state index < -0.39 is 10.0 Å². The Bertz CT molecular complexity index is 821. The molecule has 0 aromatic carbocycles. The number of hydrogen-bond acceptors (Lipinski definition) is 7. The molecule has 0 radical (unpaired) electrons. The number of rotatable bonds is 6. The summed E-state index contributed by atoms with van der Waals surface area (Å²) < 4.78 is 32.7. The second kappa shape index (κ2) is 8.52. The van der Waals surface area contributed by atoms with Crippen molar-refractivity contribution < 1.29 is 22.7 Å². The molecular formula is C18H26N4O5S. The van der Waals surface area contributed by atoms with Crippen LogP contribution in [0.4, 0.5) is 0 Å². The van der Waals surface area contributed by atoms with Crippen LogP contribution in [0.2, 0.25) is 0 Å². The van der Waals surface area contributed by atoms with Crippen LogP contribution in [0.5, 0.6) is 6.01 Å². The van der Waals surface area contributed by atoms with Crippen molar-refractivity contribution in [1.29, 1.82) is 0 Å². The summed E-state index contributed by atoms with van der Waals surface area (Å²) in [5.74, 6) is -0.853. The van der Waals surface area contributed by atoms with Crippen molar-refractivity contribution in [3.8, 4) is 6.01 Å². The van der Waals surface area contributed by atoms with E-state index in [0.29, 0.717) is 38.6 Å². The minimum Gasteiger partial charge on any atom is -0.459 e. The van der Waals surface area contributed by atoms with E-state index in [9.17, 15) is 18.0 Å². The van der Waals surface area contributed by atoms with Gasteiger partial charge in [-0.15, -0.1) is 0 Å². The Morgan fingerprint density at radius 2 is 1.75 bits per heavy atom. The number of aryl methyl sites for hydroxylation is 2. The zero-order chi connectivity index (χ0) is 20.3. The van der Waals surface area contributed by atoms with Gasteiger partial charge < -0.3 is 4.74 Å². The molecule has 1 aromatic rings. The number of imide groups is 1. The first-order valence-corrected chi connectivity index (χ1v) is 11.2. The van der Waals surface area contributed by atoms with Crippen molar-refractivity contribution >= 4 is 21.8 Å². The van der Waals surface area contributed by atoms with Crippen LogP contribution in [-0.4, -0.2) is 70.9 Å². The van der Waals surface area contributed by atoms with Crippen LogP contribution in [0, 0.1) is 13.8 Å². The molecule has 1 atom stereocenters. The molecule has 2 aliphatic rings. The van der Waals surface area contributed by atoms with Gasteiger partial charge in [0.25, 0.3) is 0 Å². The summed E-state index contributed by atoms with van der Waals surface area (Å²) in [5, 5.41) is 0. The fourth-order valence-corrected chi connectivity index (χ4v) is 5.01. The lowest BCUT2D eigenvalue weighted by Crippen LogP contribution is -2.48. The van der Waals surface area contributed by atoms with E-state index in [0.717, 1.165) is 16.3 Å². The molecule has 0 N–H and O–H groups in total. The quantitative estimate of drug-likeness (QED) is 0.638. The van der Waals surface area contributed by atoms with E-state index in [1.807, 2.05) is 19.9 Å². The number of aromatic nitrogens is 2. The predicted molar refractivity (Wildman–Crippen MR) is 101 cm³/mol. The summed E-state index contributed by atoms with van der Waals surface area (Å²) in [7, 11) is -3.60. The number of likely N-dealkylation sites (tertiary alicyclic amines) is 1. The van der Waals surface area contributed by atoms with Gasteiger partial charge in [0.2, 0.25) is 21.8 Å². The van der Waals surface area contributed by atoms with Gasteiger partial charge >= 0.3 is 6.01 Å². The van der Waals surface area contributed by atoms with Gasteiger partial charge in [0.05, 0.1) is 12.3 Å². The molecular weight excluding hydrogens is 384 g/mol. The fraction of sp³-hybridized carbons (Fsp3) is 0.667. The number of piperidine rings is 2. The summed E-state index contributed by atoms with van der Waals surface area (Å²) in [6, 6.07) is 2.10. The third-order valence-electron chi connectivity index (χ3n) is 4.92. The van der Waals surface area contributed by atoms with Crippen LogP contribution in [0.15, 0.2) is 6.07 Å². The van der Waals surface area contributed by atoms with E-state index in [2.05, 4.69) is 9.97 Å². The summed E-state index contributed by atoms with van der Waals surface area (Å²) in [5.41, 5.74) is 1.58. The molecule has 2 fully saturated rings. The molecule has 28 heavy (non-hydrogen) atoms. The molecule has 0 spiro atoms. The van der Waals surface area contributed by atoms with Crippen molar-refractivity contribution in [2.75, 3.05) is 25.4 Å². The van der Waals surface area contributed by atoms with Gasteiger partial charge in [-0.2, -0.15) is 4.31 Å². The first kappa shape index (κ1) is 20.7. The Hall–Kier alpha value is -2.07. The van der Waals surface area contributed by atoms with E-state index >= 15 is 0 Å². The second-order valence-corrected chi connectivity index (χ2v) is 9.37. The van der Waals surface area contributed by atoms with Gasteiger partial charge in [0.1, 0.15) is 6.10 Å². The Balaban J connectivity index is 1.60. The molecule has 0 aliphatic carbocycles. The van der Waals surface area contributed by atoms with E-state index in [1.54, 1.807) is 0 Å². The topological polar surface area (TPSA) is 110 Å². The maximum atomic E-state index is 12.7. The number of ether oxygens (including phenoxy) is 1. The lowest BCUT2D eigenvalue weighted by molar-refractivity contribution is -0.147. The molecule has 2 amide bonds. The summed E-state index contributed by atoms with van der Waals surface area (Å²) in [6.07, 6.45) is 2.17.